The molecule has 0 radical (unpaired) electrons. The third-order valence-corrected chi connectivity index (χ3v) is 4.07. The standard InChI is InChI=1S/C14H18ClN3/c1-9-6-11(15)13-12(7-9)18(2)14(17-13)10-4-3-5-16-8-10/h6-7,10,16H,3-5,8H2,1-2H3. The van der Waals surface area contributed by atoms with Crippen LogP contribution in [0.5, 0.6) is 0 Å². The van der Waals surface area contributed by atoms with Crippen molar-refractivity contribution in [2.75, 3.05) is 13.1 Å². The van der Waals surface area contributed by atoms with Crippen LogP contribution >= 0.6 is 11.6 Å². The van der Waals surface area contributed by atoms with Gasteiger partial charge in [-0.15, -0.1) is 0 Å². The number of aryl methyl sites for hydroxylation is 2. The van der Waals surface area contributed by atoms with Crippen molar-refractivity contribution in [1.29, 1.82) is 0 Å². The van der Waals surface area contributed by atoms with E-state index in [1.807, 2.05) is 6.07 Å². The number of benzene rings is 1. The van der Waals surface area contributed by atoms with Crippen molar-refractivity contribution in [2.45, 2.75) is 25.7 Å². The first kappa shape index (κ1) is 12.0. The van der Waals surface area contributed by atoms with Crippen LogP contribution in [0.3, 0.4) is 0 Å². The van der Waals surface area contributed by atoms with E-state index < -0.39 is 0 Å². The molecule has 1 saturated heterocycles. The largest absolute Gasteiger partial charge is 0.331 e. The Morgan fingerprint density at radius 1 is 1.44 bits per heavy atom. The lowest BCUT2D eigenvalue weighted by molar-refractivity contribution is 0.440. The summed E-state index contributed by atoms with van der Waals surface area (Å²) in [6.45, 7) is 4.22. The molecule has 0 bridgehead atoms. The fourth-order valence-corrected chi connectivity index (χ4v) is 3.14. The van der Waals surface area contributed by atoms with Gasteiger partial charge in [-0.2, -0.15) is 0 Å². The first-order valence-electron chi connectivity index (χ1n) is 6.50. The van der Waals surface area contributed by atoms with Crippen LogP contribution in [0.2, 0.25) is 5.02 Å². The monoisotopic (exact) mass is 263 g/mol. The van der Waals surface area contributed by atoms with Crippen molar-refractivity contribution in [1.82, 2.24) is 14.9 Å². The molecule has 3 rings (SSSR count). The minimum absolute atomic E-state index is 0.507. The van der Waals surface area contributed by atoms with Gasteiger partial charge in [0.15, 0.2) is 0 Å². The van der Waals surface area contributed by atoms with E-state index in [1.165, 1.54) is 18.4 Å². The molecule has 0 aliphatic carbocycles. The Labute approximate surface area is 112 Å². The molecule has 1 aliphatic heterocycles. The van der Waals surface area contributed by atoms with Crippen LogP contribution in [0.1, 0.15) is 30.1 Å². The van der Waals surface area contributed by atoms with Gasteiger partial charge in [0.1, 0.15) is 11.3 Å². The highest BCUT2D eigenvalue weighted by atomic mass is 35.5. The molecule has 4 heteroatoms. The van der Waals surface area contributed by atoms with Gasteiger partial charge in [-0.1, -0.05) is 11.6 Å². The summed E-state index contributed by atoms with van der Waals surface area (Å²) in [5.41, 5.74) is 3.26. The maximum absolute atomic E-state index is 6.30. The van der Waals surface area contributed by atoms with Crippen molar-refractivity contribution in [3.05, 3.63) is 28.5 Å². The Bertz CT molecular complexity index is 582. The Balaban J connectivity index is 2.13. The Morgan fingerprint density at radius 3 is 3.00 bits per heavy atom. The molecule has 18 heavy (non-hydrogen) atoms. The minimum atomic E-state index is 0.507. The first-order chi connectivity index (χ1) is 8.66. The normalized spacial score (nSPS) is 20.5. The molecular formula is C14H18ClN3. The van der Waals surface area contributed by atoms with E-state index >= 15 is 0 Å². The van der Waals surface area contributed by atoms with Crippen molar-refractivity contribution in [3.8, 4) is 0 Å². The molecule has 0 spiro atoms. The molecule has 1 aliphatic rings. The lowest BCUT2D eigenvalue weighted by atomic mass is 9.99. The number of piperidine rings is 1. The van der Waals surface area contributed by atoms with Crippen molar-refractivity contribution < 1.29 is 0 Å². The average molecular weight is 264 g/mol. The number of halogens is 1. The van der Waals surface area contributed by atoms with Crippen LogP contribution in [0.25, 0.3) is 11.0 Å². The lowest BCUT2D eigenvalue weighted by Crippen LogP contribution is -2.29. The zero-order valence-electron chi connectivity index (χ0n) is 10.8. The van der Waals surface area contributed by atoms with E-state index in [-0.39, 0.29) is 0 Å². The van der Waals surface area contributed by atoms with Crippen molar-refractivity contribution >= 4 is 22.6 Å². The zero-order chi connectivity index (χ0) is 12.7. The van der Waals surface area contributed by atoms with Gasteiger partial charge in [0, 0.05) is 19.5 Å². The molecule has 1 atom stereocenters. The van der Waals surface area contributed by atoms with E-state index in [2.05, 4.69) is 29.9 Å². The summed E-state index contributed by atoms with van der Waals surface area (Å²) in [5.74, 6) is 1.66. The molecule has 1 aromatic carbocycles. The number of aromatic nitrogens is 2. The quantitative estimate of drug-likeness (QED) is 0.857. The number of imidazole rings is 1. The fraction of sp³-hybridized carbons (Fsp3) is 0.500. The van der Waals surface area contributed by atoms with Crippen LogP contribution in [0.15, 0.2) is 12.1 Å². The van der Waals surface area contributed by atoms with Gasteiger partial charge in [0.2, 0.25) is 0 Å². The van der Waals surface area contributed by atoms with E-state index in [0.29, 0.717) is 5.92 Å². The van der Waals surface area contributed by atoms with E-state index in [1.54, 1.807) is 0 Å². The molecular weight excluding hydrogens is 246 g/mol. The molecule has 1 unspecified atom stereocenters. The van der Waals surface area contributed by atoms with Crippen LogP contribution in [0, 0.1) is 6.92 Å². The van der Waals surface area contributed by atoms with Gasteiger partial charge in [0.05, 0.1) is 10.5 Å². The van der Waals surface area contributed by atoms with Gasteiger partial charge in [0.25, 0.3) is 0 Å². The third kappa shape index (κ3) is 1.91. The molecule has 3 nitrogen and oxygen atoms in total. The van der Waals surface area contributed by atoms with Crippen LogP contribution in [-0.4, -0.2) is 22.6 Å². The summed E-state index contributed by atoms with van der Waals surface area (Å²) >= 11 is 6.30. The third-order valence-electron chi connectivity index (χ3n) is 3.78. The molecule has 2 aromatic rings. The zero-order valence-corrected chi connectivity index (χ0v) is 11.6. The van der Waals surface area contributed by atoms with E-state index in [4.69, 9.17) is 16.6 Å². The van der Waals surface area contributed by atoms with Crippen LogP contribution in [-0.2, 0) is 7.05 Å². The Hall–Kier alpha value is -1.06. The SMILES string of the molecule is Cc1cc(Cl)c2nc(C3CCCNC3)n(C)c2c1. The molecule has 0 saturated carbocycles. The van der Waals surface area contributed by atoms with Gasteiger partial charge < -0.3 is 9.88 Å². The summed E-state index contributed by atoms with van der Waals surface area (Å²) in [7, 11) is 2.09. The highest BCUT2D eigenvalue weighted by molar-refractivity contribution is 6.35. The molecule has 1 fully saturated rings. The number of rotatable bonds is 1. The predicted octanol–water partition coefficient (Wildman–Crippen LogP) is 3.00. The van der Waals surface area contributed by atoms with Crippen LogP contribution in [0.4, 0.5) is 0 Å². The second-order valence-corrected chi connectivity index (χ2v) is 5.59. The number of nitrogens with zero attached hydrogens (tertiary/aromatic N) is 2. The van der Waals surface area contributed by atoms with E-state index in [9.17, 15) is 0 Å². The highest BCUT2D eigenvalue weighted by Crippen LogP contribution is 2.30. The molecule has 2 heterocycles. The van der Waals surface area contributed by atoms with Gasteiger partial charge in [-0.05, 0) is 44.0 Å². The highest BCUT2D eigenvalue weighted by Gasteiger charge is 2.21. The summed E-state index contributed by atoms with van der Waals surface area (Å²) < 4.78 is 2.20. The average Bonchev–Trinajstić information content (AvgIpc) is 2.69. The fourth-order valence-electron chi connectivity index (χ4n) is 2.83. The van der Waals surface area contributed by atoms with Gasteiger partial charge >= 0.3 is 0 Å². The number of hydrogen-bond acceptors (Lipinski definition) is 2. The van der Waals surface area contributed by atoms with Gasteiger partial charge in [-0.3, -0.25) is 0 Å². The summed E-state index contributed by atoms with van der Waals surface area (Å²) in [5, 5.41) is 4.20. The molecule has 1 N–H and O–H groups in total. The smallest absolute Gasteiger partial charge is 0.114 e. The number of nitrogens with one attached hydrogen (secondary N) is 1. The first-order valence-corrected chi connectivity index (χ1v) is 6.88. The Morgan fingerprint density at radius 2 is 2.28 bits per heavy atom. The predicted molar refractivity (Wildman–Crippen MR) is 75.3 cm³/mol. The minimum Gasteiger partial charge on any atom is -0.331 e. The summed E-state index contributed by atoms with van der Waals surface area (Å²) in [6, 6.07) is 4.15. The van der Waals surface area contributed by atoms with Crippen molar-refractivity contribution in [2.24, 2.45) is 7.05 Å². The number of fused-ring (bicyclic) bond motifs is 1. The Kier molecular flexibility index (Phi) is 3.04. The summed E-state index contributed by atoms with van der Waals surface area (Å²) in [4.78, 5) is 4.77. The van der Waals surface area contributed by atoms with Crippen LogP contribution < -0.4 is 5.32 Å². The maximum atomic E-state index is 6.30. The maximum Gasteiger partial charge on any atom is 0.114 e. The molecule has 96 valence electrons. The van der Waals surface area contributed by atoms with Crippen molar-refractivity contribution in [3.63, 3.8) is 0 Å². The second kappa shape index (κ2) is 4.56. The number of hydrogen-bond donors (Lipinski definition) is 1. The second-order valence-electron chi connectivity index (χ2n) is 5.19. The lowest BCUT2D eigenvalue weighted by Gasteiger charge is -2.22. The molecule has 1 aromatic heterocycles. The van der Waals surface area contributed by atoms with Gasteiger partial charge in [-0.25, -0.2) is 4.98 Å². The topological polar surface area (TPSA) is 29.9 Å². The molecule has 0 amide bonds. The van der Waals surface area contributed by atoms with E-state index in [0.717, 1.165) is 35.0 Å². The summed E-state index contributed by atoms with van der Waals surface area (Å²) in [6.07, 6.45) is 2.43.